The molecule has 0 saturated heterocycles. The van der Waals surface area contributed by atoms with Crippen molar-refractivity contribution in [3.8, 4) is 0 Å². The van der Waals surface area contributed by atoms with Crippen LogP contribution in [0.5, 0.6) is 0 Å². The van der Waals surface area contributed by atoms with Crippen LogP contribution in [0.2, 0.25) is 0 Å². The van der Waals surface area contributed by atoms with Gasteiger partial charge in [0, 0.05) is 0 Å². The van der Waals surface area contributed by atoms with Crippen LogP contribution in [-0.4, -0.2) is 61.2 Å². The molecule has 2 amide bonds. The van der Waals surface area contributed by atoms with Crippen LogP contribution in [0.1, 0.15) is 18.4 Å². The molecule has 0 unspecified atom stereocenters. The zero-order chi connectivity index (χ0) is 20.8. The first-order valence-electron chi connectivity index (χ1n) is 8.85. The molecule has 2 N–H and O–H groups in total. The summed E-state index contributed by atoms with van der Waals surface area (Å²) in [6, 6.07) is 7.73. The molecule has 0 bridgehead atoms. The maximum Gasteiger partial charge on any atom is 0.408 e. The maximum atomic E-state index is 12.6. The molecule has 7 nitrogen and oxygen atoms in total. The Balaban J connectivity index is 2.66. The lowest BCUT2D eigenvalue weighted by atomic mass is 10.1. The summed E-state index contributed by atoms with van der Waals surface area (Å²) in [5, 5.41) is 5.28. The fourth-order valence-corrected chi connectivity index (χ4v) is 3.25. The number of hydrogen-bond acceptors (Lipinski definition) is 7. The van der Waals surface area contributed by atoms with E-state index in [1.54, 1.807) is 23.5 Å². The van der Waals surface area contributed by atoms with Crippen LogP contribution in [-0.2, 0) is 25.7 Å². The van der Waals surface area contributed by atoms with E-state index in [9.17, 15) is 14.4 Å². The van der Waals surface area contributed by atoms with E-state index in [1.165, 1.54) is 7.11 Å². The van der Waals surface area contributed by atoms with E-state index in [2.05, 4.69) is 10.6 Å². The molecule has 1 aromatic rings. The molecule has 1 rings (SSSR count). The van der Waals surface area contributed by atoms with Gasteiger partial charge in [-0.05, 0) is 42.4 Å². The predicted molar refractivity (Wildman–Crippen MR) is 113 cm³/mol. The second-order valence-electron chi connectivity index (χ2n) is 5.91. The van der Waals surface area contributed by atoms with Crippen molar-refractivity contribution in [2.24, 2.45) is 0 Å². The Morgan fingerprint density at radius 3 is 2.14 bits per heavy atom. The molecule has 9 heteroatoms. The zero-order valence-electron chi connectivity index (χ0n) is 16.4. The average Bonchev–Trinajstić information content (AvgIpc) is 2.72. The Bertz CT molecular complexity index is 616. The van der Waals surface area contributed by atoms with Crippen molar-refractivity contribution >= 4 is 41.5 Å². The number of benzene rings is 1. The maximum absolute atomic E-state index is 12.6. The lowest BCUT2D eigenvalue weighted by Crippen LogP contribution is -2.52. The van der Waals surface area contributed by atoms with Gasteiger partial charge in [-0.15, -0.1) is 0 Å². The Morgan fingerprint density at radius 1 is 0.964 bits per heavy atom. The summed E-state index contributed by atoms with van der Waals surface area (Å²) in [5.74, 6) is 0.437. The van der Waals surface area contributed by atoms with Crippen LogP contribution in [0.15, 0.2) is 30.3 Å². The number of hydrogen-bond donors (Lipinski definition) is 2. The first-order valence-corrected chi connectivity index (χ1v) is 11.6. The van der Waals surface area contributed by atoms with Gasteiger partial charge in [-0.1, -0.05) is 30.3 Å². The highest BCUT2D eigenvalue weighted by Crippen LogP contribution is 2.07. The summed E-state index contributed by atoms with van der Waals surface area (Å²) >= 11 is 3.13. The average molecular weight is 429 g/mol. The minimum absolute atomic E-state index is 0.113. The van der Waals surface area contributed by atoms with Crippen molar-refractivity contribution in [2.75, 3.05) is 31.1 Å². The topological polar surface area (TPSA) is 93.7 Å². The van der Waals surface area contributed by atoms with Gasteiger partial charge in [0.1, 0.15) is 18.7 Å². The van der Waals surface area contributed by atoms with E-state index < -0.39 is 30.1 Å². The van der Waals surface area contributed by atoms with E-state index in [0.29, 0.717) is 24.3 Å². The van der Waals surface area contributed by atoms with Gasteiger partial charge in [0.15, 0.2) is 0 Å². The largest absolute Gasteiger partial charge is 0.467 e. The molecule has 0 aliphatic rings. The number of alkyl carbamates (subject to hydrolysis) is 1. The molecule has 28 heavy (non-hydrogen) atoms. The Kier molecular flexibility index (Phi) is 12.2. The third kappa shape index (κ3) is 9.36. The Hall–Kier alpha value is -1.87. The number of thioether (sulfide) groups is 2. The van der Waals surface area contributed by atoms with Crippen LogP contribution in [0, 0.1) is 0 Å². The smallest absolute Gasteiger partial charge is 0.408 e. The van der Waals surface area contributed by atoms with E-state index in [1.807, 2.05) is 42.8 Å². The van der Waals surface area contributed by atoms with E-state index in [-0.39, 0.29) is 6.61 Å². The van der Waals surface area contributed by atoms with Gasteiger partial charge < -0.3 is 20.1 Å². The van der Waals surface area contributed by atoms with Gasteiger partial charge >= 0.3 is 12.1 Å². The normalized spacial score (nSPS) is 12.5. The van der Waals surface area contributed by atoms with Gasteiger partial charge in [-0.2, -0.15) is 23.5 Å². The van der Waals surface area contributed by atoms with E-state index in [0.717, 1.165) is 5.56 Å². The lowest BCUT2D eigenvalue weighted by Gasteiger charge is -2.22. The van der Waals surface area contributed by atoms with Crippen molar-refractivity contribution < 1.29 is 23.9 Å². The second-order valence-corrected chi connectivity index (χ2v) is 7.88. The summed E-state index contributed by atoms with van der Waals surface area (Å²) in [4.78, 5) is 36.7. The van der Waals surface area contributed by atoms with E-state index in [4.69, 9.17) is 9.47 Å². The molecule has 0 spiro atoms. The minimum atomic E-state index is -0.794. The third-order valence-corrected chi connectivity index (χ3v) is 5.13. The number of methoxy groups -OCH3 is 1. The quantitative estimate of drug-likeness (QED) is 0.494. The summed E-state index contributed by atoms with van der Waals surface area (Å²) in [5.41, 5.74) is 0.852. The van der Waals surface area contributed by atoms with Crippen molar-refractivity contribution in [1.29, 1.82) is 0 Å². The van der Waals surface area contributed by atoms with Gasteiger partial charge in [0.25, 0.3) is 0 Å². The zero-order valence-corrected chi connectivity index (χ0v) is 18.1. The molecule has 0 fully saturated rings. The fourth-order valence-electron chi connectivity index (χ4n) is 2.31. The Labute approximate surface area is 174 Å². The molecule has 0 radical (unpaired) electrons. The van der Waals surface area contributed by atoms with Crippen molar-refractivity contribution in [3.05, 3.63) is 35.9 Å². The molecular weight excluding hydrogens is 400 g/mol. The molecule has 0 heterocycles. The van der Waals surface area contributed by atoms with Gasteiger partial charge in [0.05, 0.1) is 7.11 Å². The number of esters is 1. The number of ether oxygens (including phenoxy) is 2. The summed E-state index contributed by atoms with van der Waals surface area (Å²) in [6.07, 6.45) is 4.03. The molecule has 0 saturated carbocycles. The molecule has 2 atom stereocenters. The lowest BCUT2D eigenvalue weighted by molar-refractivity contribution is -0.145. The van der Waals surface area contributed by atoms with Crippen molar-refractivity contribution in [2.45, 2.75) is 31.5 Å². The number of nitrogens with one attached hydrogen (secondary N) is 2. The standard InChI is InChI=1S/C19H28N2O5S2/c1-25-18(23)16(10-12-28-3)20-17(22)15(9-11-27-2)21-19(24)26-13-14-7-5-4-6-8-14/h4-8,15-16H,9-13H2,1-3H3,(H,20,22)(H,21,24)/t15-,16-/m0/s1. The molecule has 0 aliphatic heterocycles. The highest BCUT2D eigenvalue weighted by molar-refractivity contribution is 7.98. The summed E-state index contributed by atoms with van der Waals surface area (Å²) in [6.45, 7) is 0.113. The highest BCUT2D eigenvalue weighted by Gasteiger charge is 2.27. The second kappa shape index (κ2) is 14.2. The monoisotopic (exact) mass is 428 g/mol. The number of carbonyl (C=O) groups is 3. The summed E-state index contributed by atoms with van der Waals surface area (Å²) < 4.78 is 9.96. The van der Waals surface area contributed by atoms with Crippen molar-refractivity contribution in [3.63, 3.8) is 0 Å². The van der Waals surface area contributed by atoms with Gasteiger partial charge in [0.2, 0.25) is 5.91 Å². The summed E-state index contributed by atoms with van der Waals surface area (Å²) in [7, 11) is 1.28. The van der Waals surface area contributed by atoms with Crippen LogP contribution >= 0.6 is 23.5 Å². The van der Waals surface area contributed by atoms with Crippen LogP contribution in [0.3, 0.4) is 0 Å². The molecule has 0 aromatic heterocycles. The molecule has 156 valence electrons. The fraction of sp³-hybridized carbons (Fsp3) is 0.526. The SMILES string of the molecule is COC(=O)[C@H](CCSC)NC(=O)[C@H](CCSC)NC(=O)OCc1ccccc1. The van der Waals surface area contributed by atoms with Crippen molar-refractivity contribution in [1.82, 2.24) is 10.6 Å². The Morgan fingerprint density at radius 2 is 1.57 bits per heavy atom. The van der Waals surface area contributed by atoms with Gasteiger partial charge in [-0.3, -0.25) is 4.79 Å². The predicted octanol–water partition coefficient (Wildman–Crippen LogP) is 2.45. The van der Waals surface area contributed by atoms with Gasteiger partial charge in [-0.25, -0.2) is 9.59 Å². The van der Waals surface area contributed by atoms with Crippen LogP contribution < -0.4 is 10.6 Å². The van der Waals surface area contributed by atoms with Crippen LogP contribution in [0.25, 0.3) is 0 Å². The molecular formula is C19H28N2O5S2. The number of rotatable bonds is 12. The molecule has 1 aromatic carbocycles. The number of carbonyl (C=O) groups excluding carboxylic acids is 3. The third-order valence-electron chi connectivity index (χ3n) is 3.84. The molecule has 0 aliphatic carbocycles. The first-order chi connectivity index (χ1) is 13.5. The number of amides is 2. The van der Waals surface area contributed by atoms with E-state index >= 15 is 0 Å². The van der Waals surface area contributed by atoms with Crippen LogP contribution in [0.4, 0.5) is 4.79 Å². The highest BCUT2D eigenvalue weighted by atomic mass is 32.2. The first kappa shape index (κ1) is 24.2. The minimum Gasteiger partial charge on any atom is -0.467 e.